The van der Waals surface area contributed by atoms with Crippen molar-refractivity contribution in [2.75, 3.05) is 11.5 Å². The minimum Gasteiger partial charge on any atom is -0.402 e. The van der Waals surface area contributed by atoms with Crippen LogP contribution in [0.2, 0.25) is 0 Å². The van der Waals surface area contributed by atoms with Crippen LogP contribution in [-0.4, -0.2) is 34.5 Å². The number of carbonyl (C=O) groups excluding carboxylic acids is 1. The Labute approximate surface area is 106 Å². The Morgan fingerprint density at radius 2 is 1.22 bits per heavy atom. The average molecular weight is 298 g/mol. The number of carbonyl (C=O) groups is 1. The van der Waals surface area contributed by atoms with Crippen LogP contribution < -0.4 is 0 Å². The molecule has 0 heterocycles. The lowest BCUT2D eigenvalue weighted by Gasteiger charge is -1.96. The molecule has 0 atom stereocenters. The summed E-state index contributed by atoms with van der Waals surface area (Å²) in [5.74, 6) is -0.257. The van der Waals surface area contributed by atoms with E-state index < -0.39 is 25.8 Å². The summed E-state index contributed by atoms with van der Waals surface area (Å²) in [6.45, 7) is 2.85. The number of hydrogen-bond donors (Lipinski definition) is 0. The maximum absolute atomic E-state index is 11.0. The monoisotopic (exact) mass is 298 g/mol. The van der Waals surface area contributed by atoms with Crippen molar-refractivity contribution in [3.63, 3.8) is 0 Å². The van der Waals surface area contributed by atoms with E-state index in [-0.39, 0.29) is 11.5 Å². The molecule has 0 aliphatic rings. The quantitative estimate of drug-likeness (QED) is 0.531. The highest BCUT2D eigenvalue weighted by atomic mass is 32.2. The zero-order valence-corrected chi connectivity index (χ0v) is 11.5. The van der Waals surface area contributed by atoms with Crippen LogP contribution in [0.25, 0.3) is 0 Å². The molecule has 0 aromatic heterocycles. The molecule has 0 unspecified atom stereocenters. The maximum Gasteiger partial charge on any atom is 0.518 e. The maximum atomic E-state index is 11.0. The van der Waals surface area contributed by atoms with Gasteiger partial charge in [-0.15, -0.1) is 0 Å². The molecule has 0 saturated carbocycles. The van der Waals surface area contributed by atoms with Crippen LogP contribution in [0.3, 0.4) is 0 Å². The highest BCUT2D eigenvalue weighted by molar-refractivity contribution is 7.94. The van der Waals surface area contributed by atoms with Crippen LogP contribution in [-0.2, 0) is 29.1 Å². The van der Waals surface area contributed by atoms with Crippen LogP contribution in [0.4, 0.5) is 4.79 Å². The third-order valence-electron chi connectivity index (χ3n) is 1.66. The van der Waals surface area contributed by atoms with Gasteiger partial charge >= 0.3 is 6.16 Å². The fraction of sp³-hybridized carbons (Fsp3) is 0.444. The van der Waals surface area contributed by atoms with E-state index in [0.29, 0.717) is 23.3 Å². The van der Waals surface area contributed by atoms with Gasteiger partial charge in [0.25, 0.3) is 0 Å². The molecule has 0 aromatic carbocycles. The van der Waals surface area contributed by atoms with E-state index in [1.54, 1.807) is 0 Å². The van der Waals surface area contributed by atoms with Crippen LogP contribution in [0, 0.1) is 0 Å². The first-order valence-electron chi connectivity index (χ1n) is 4.88. The van der Waals surface area contributed by atoms with Gasteiger partial charge < -0.3 is 9.47 Å². The van der Waals surface area contributed by atoms with Gasteiger partial charge in [-0.05, 0) is 0 Å². The normalized spacial score (nSPS) is 13.0. The molecular formula is C9H14O7S2. The van der Waals surface area contributed by atoms with Gasteiger partial charge in [-0.3, -0.25) is 0 Å². The van der Waals surface area contributed by atoms with Crippen molar-refractivity contribution in [3.05, 3.63) is 23.3 Å². The Bertz CT molecular complexity index is 477. The summed E-state index contributed by atoms with van der Waals surface area (Å²) < 4.78 is 52.3. The Kier molecular flexibility index (Phi) is 6.63. The summed E-state index contributed by atoms with van der Waals surface area (Å²) in [6.07, 6.45) is 0.0761. The minimum atomic E-state index is -3.39. The zero-order valence-electron chi connectivity index (χ0n) is 9.90. The van der Waals surface area contributed by atoms with Gasteiger partial charge in [-0.2, -0.15) is 0 Å². The highest BCUT2D eigenvalue weighted by Gasteiger charge is 2.04. The lowest BCUT2D eigenvalue weighted by Crippen LogP contribution is -2.02. The van der Waals surface area contributed by atoms with E-state index in [1.165, 1.54) is 13.8 Å². The van der Waals surface area contributed by atoms with Crippen molar-refractivity contribution in [1.82, 2.24) is 0 Å². The smallest absolute Gasteiger partial charge is 0.402 e. The molecule has 0 rings (SSSR count). The topological polar surface area (TPSA) is 104 Å². The predicted octanol–water partition coefficient (Wildman–Crippen LogP) is 0.951. The third-order valence-corrected chi connectivity index (χ3v) is 4.32. The van der Waals surface area contributed by atoms with E-state index in [0.717, 1.165) is 0 Å². The summed E-state index contributed by atoms with van der Waals surface area (Å²) in [5, 5.41) is 1.42. The summed E-state index contributed by atoms with van der Waals surface area (Å²) in [4.78, 5) is 10.9. The lowest BCUT2D eigenvalue weighted by molar-refractivity contribution is 0.120. The lowest BCUT2D eigenvalue weighted by atomic mass is 11.0. The molecule has 9 heteroatoms. The minimum absolute atomic E-state index is 0.128. The molecule has 0 aromatic rings. The Morgan fingerprint density at radius 1 is 0.889 bits per heavy atom. The van der Waals surface area contributed by atoms with Gasteiger partial charge in [0, 0.05) is 0 Å². The van der Waals surface area contributed by atoms with Gasteiger partial charge in [0.2, 0.25) is 0 Å². The molecule has 0 spiro atoms. The van der Waals surface area contributed by atoms with E-state index in [4.69, 9.17) is 0 Å². The molecule has 0 fully saturated rings. The molecule has 0 N–H and O–H groups in total. The summed E-state index contributed by atoms with van der Waals surface area (Å²) in [6, 6.07) is 0. The number of sulfone groups is 2. The molecule has 0 aliphatic carbocycles. The molecule has 104 valence electrons. The first-order chi connectivity index (χ1) is 8.22. The number of hydrogen-bond acceptors (Lipinski definition) is 7. The highest BCUT2D eigenvalue weighted by Crippen LogP contribution is 1.96. The van der Waals surface area contributed by atoms with E-state index >= 15 is 0 Å². The van der Waals surface area contributed by atoms with Crippen LogP contribution in [0.1, 0.15) is 13.8 Å². The molecule has 18 heavy (non-hydrogen) atoms. The second kappa shape index (κ2) is 7.17. The van der Waals surface area contributed by atoms with Crippen LogP contribution in [0.15, 0.2) is 23.3 Å². The molecule has 0 radical (unpaired) electrons. The molecule has 7 nitrogen and oxygen atoms in total. The van der Waals surface area contributed by atoms with Gasteiger partial charge in [-0.1, -0.05) is 13.8 Å². The Hall–Kier alpha value is -1.35. The van der Waals surface area contributed by atoms with Crippen molar-refractivity contribution in [3.8, 4) is 0 Å². The van der Waals surface area contributed by atoms with Gasteiger partial charge in [0.1, 0.15) is 12.5 Å². The summed E-state index contributed by atoms with van der Waals surface area (Å²) in [5.41, 5.74) is 0. The molecule has 0 amide bonds. The van der Waals surface area contributed by atoms with Crippen molar-refractivity contribution in [1.29, 1.82) is 0 Å². The SMILES string of the molecule is CCS(=O)(=O)C=COC(=O)OC=CS(=O)(=O)CC. The van der Waals surface area contributed by atoms with E-state index in [9.17, 15) is 21.6 Å². The van der Waals surface area contributed by atoms with Crippen molar-refractivity contribution >= 4 is 25.8 Å². The van der Waals surface area contributed by atoms with Gasteiger partial charge in [-0.25, -0.2) is 21.6 Å². The Morgan fingerprint density at radius 3 is 1.50 bits per heavy atom. The van der Waals surface area contributed by atoms with Crippen molar-refractivity contribution in [2.24, 2.45) is 0 Å². The molecule has 0 bridgehead atoms. The van der Waals surface area contributed by atoms with Crippen LogP contribution in [0.5, 0.6) is 0 Å². The number of rotatable bonds is 6. The standard InChI is InChI=1S/C9H14O7S2/c1-3-17(11,12)7-5-15-9(10)16-6-8-18(13,14)4-2/h5-8H,3-4H2,1-2H3. The van der Waals surface area contributed by atoms with Gasteiger partial charge in [0.15, 0.2) is 19.7 Å². The first kappa shape index (κ1) is 16.6. The van der Waals surface area contributed by atoms with Crippen molar-refractivity contribution in [2.45, 2.75) is 13.8 Å². The Balaban J connectivity index is 4.24. The first-order valence-corrected chi connectivity index (χ1v) is 8.31. The summed E-state index contributed by atoms with van der Waals surface area (Å²) >= 11 is 0. The third kappa shape index (κ3) is 7.85. The van der Waals surface area contributed by atoms with E-state index in [2.05, 4.69) is 9.47 Å². The molecule has 0 saturated heterocycles. The second-order valence-corrected chi connectivity index (χ2v) is 7.28. The van der Waals surface area contributed by atoms with Crippen LogP contribution >= 0.6 is 0 Å². The number of ether oxygens (including phenoxy) is 2. The second-order valence-electron chi connectivity index (χ2n) is 2.93. The van der Waals surface area contributed by atoms with Gasteiger partial charge in [0.05, 0.1) is 22.3 Å². The fourth-order valence-corrected chi connectivity index (χ4v) is 1.39. The summed E-state index contributed by atoms with van der Waals surface area (Å²) in [7, 11) is -6.78. The predicted molar refractivity (Wildman–Crippen MR) is 64.8 cm³/mol. The van der Waals surface area contributed by atoms with Crippen molar-refractivity contribution < 1.29 is 31.1 Å². The molecule has 0 aliphatic heterocycles. The average Bonchev–Trinajstić information content (AvgIpc) is 2.28. The van der Waals surface area contributed by atoms with E-state index in [1.807, 2.05) is 0 Å². The largest absolute Gasteiger partial charge is 0.518 e. The zero-order chi connectivity index (χ0) is 14.2. The fourth-order valence-electron chi connectivity index (χ4n) is 0.556. The molecular weight excluding hydrogens is 284 g/mol.